The number of aliphatic hydroxyl groups is 1. The van der Waals surface area contributed by atoms with E-state index < -0.39 is 108 Å². The van der Waals surface area contributed by atoms with Crippen molar-refractivity contribution in [3.63, 3.8) is 0 Å². The van der Waals surface area contributed by atoms with Crippen LogP contribution in [0.5, 0.6) is 0 Å². The lowest BCUT2D eigenvalue weighted by molar-refractivity contribution is -0.163. The van der Waals surface area contributed by atoms with E-state index in [2.05, 4.69) is 43.9 Å². The van der Waals surface area contributed by atoms with Crippen molar-refractivity contribution in [2.24, 2.45) is 5.92 Å². The summed E-state index contributed by atoms with van der Waals surface area (Å²) in [5.41, 5.74) is 0.366. The van der Waals surface area contributed by atoms with Crippen molar-refractivity contribution in [3.8, 4) is 0 Å². The van der Waals surface area contributed by atoms with Crippen LogP contribution in [0.2, 0.25) is 0 Å². The van der Waals surface area contributed by atoms with E-state index in [1.54, 1.807) is 24.3 Å². The summed E-state index contributed by atoms with van der Waals surface area (Å²) in [6.07, 6.45) is -2.59. The molecule has 0 aromatic heterocycles. The Hall–Kier alpha value is -4.92. The molecule has 2 aromatic carbocycles. The molecule has 3 heterocycles. The van der Waals surface area contributed by atoms with Crippen LogP contribution < -0.4 is 21.3 Å². The Bertz CT molecular complexity index is 1900. The van der Waals surface area contributed by atoms with Crippen molar-refractivity contribution < 1.29 is 52.2 Å². The standard InChI is InChI=1S/C39H48F2IN7O9/c1-19-13-30-38(56)58-22(4)31(46-33(51)28(16-23-14-24(40)17-25(41)15-23)45-39(57)44-27-10-8-26(42)9-11-27)37(55)48-12-6-7-29(48)36(54)47(5)32(21(3)50)34(52)43-20(2)35(53)49(30)18-19/h8-11,14-15,17,19-22,28-32,50H,6-7,12-13,16,18H2,1-5H3,(H,43,52)(H,46,51)(H2,44,45,57)/t19-,20-,21-,22-,28-,29-,30-,31-,32-/m0/s1. The monoisotopic (exact) mass is 923 g/mol. The van der Waals surface area contributed by atoms with E-state index in [9.17, 15) is 47.4 Å². The Kier molecular flexibility index (Phi) is 14.3. The number of likely N-dealkylation sites (N-methyl/N-ethyl adjacent to an activating group) is 1. The zero-order valence-corrected chi connectivity index (χ0v) is 34.8. The van der Waals surface area contributed by atoms with E-state index in [1.807, 2.05) is 6.92 Å². The van der Waals surface area contributed by atoms with Crippen LogP contribution in [0.4, 0.5) is 19.3 Å². The molecule has 314 valence electrons. The Balaban J connectivity index is 1.51. The van der Waals surface area contributed by atoms with Gasteiger partial charge < -0.3 is 45.8 Å². The van der Waals surface area contributed by atoms with E-state index in [0.717, 1.165) is 20.6 Å². The van der Waals surface area contributed by atoms with Crippen LogP contribution in [0.3, 0.4) is 0 Å². The summed E-state index contributed by atoms with van der Waals surface area (Å²) in [4.78, 5) is 101. The first kappa shape index (κ1) is 44.2. The molecule has 0 aliphatic carbocycles. The summed E-state index contributed by atoms with van der Waals surface area (Å²) in [6, 6.07) is 0.282. The predicted octanol–water partition coefficient (Wildman–Crippen LogP) is 1.67. The fourth-order valence-corrected chi connectivity index (χ4v) is 8.03. The molecule has 2 aromatic rings. The number of ether oxygens (including phenoxy) is 1. The first-order chi connectivity index (χ1) is 27.3. The van der Waals surface area contributed by atoms with Gasteiger partial charge >= 0.3 is 12.0 Å². The van der Waals surface area contributed by atoms with Crippen LogP contribution in [-0.4, -0.2) is 130 Å². The van der Waals surface area contributed by atoms with Gasteiger partial charge in [0.1, 0.15) is 54.0 Å². The fraction of sp³-hybridized carbons (Fsp3) is 0.513. The Morgan fingerprint density at radius 2 is 1.62 bits per heavy atom. The summed E-state index contributed by atoms with van der Waals surface area (Å²) in [7, 11) is 1.30. The number of nitrogens with one attached hydrogen (secondary N) is 4. The first-order valence-corrected chi connectivity index (χ1v) is 20.1. The van der Waals surface area contributed by atoms with Gasteiger partial charge in [0, 0.05) is 41.9 Å². The number of nitrogens with zero attached hydrogens (tertiary/aromatic N) is 3. The molecule has 58 heavy (non-hydrogen) atoms. The second-order valence-corrected chi connectivity index (χ2v) is 16.4. The molecule has 3 aliphatic heterocycles. The molecule has 0 unspecified atom stereocenters. The number of hydrogen-bond acceptors (Lipinski definition) is 9. The number of fused-ring (bicyclic) bond motifs is 2. The Morgan fingerprint density at radius 3 is 2.26 bits per heavy atom. The molecular formula is C39H48F2IN7O9. The molecule has 5 N–H and O–H groups in total. The second kappa shape index (κ2) is 18.8. The molecular weight excluding hydrogens is 875 g/mol. The maximum atomic E-state index is 14.6. The smallest absolute Gasteiger partial charge is 0.329 e. The molecule has 9 atom stereocenters. The highest BCUT2D eigenvalue weighted by Gasteiger charge is 2.47. The van der Waals surface area contributed by atoms with E-state index in [-0.39, 0.29) is 37.4 Å². The van der Waals surface area contributed by atoms with Crippen molar-refractivity contribution in [2.45, 2.75) is 102 Å². The molecule has 3 saturated heterocycles. The van der Waals surface area contributed by atoms with Gasteiger partial charge in [-0.3, -0.25) is 24.0 Å². The van der Waals surface area contributed by atoms with Gasteiger partial charge in [0.15, 0.2) is 0 Å². The number of esters is 1. The highest BCUT2D eigenvalue weighted by atomic mass is 127. The Morgan fingerprint density at radius 1 is 0.966 bits per heavy atom. The molecule has 0 bridgehead atoms. The van der Waals surface area contributed by atoms with Crippen LogP contribution in [0.1, 0.15) is 52.5 Å². The van der Waals surface area contributed by atoms with E-state index in [1.165, 1.54) is 37.6 Å². The molecule has 0 radical (unpaired) electrons. The highest BCUT2D eigenvalue weighted by molar-refractivity contribution is 14.1. The molecule has 3 fully saturated rings. The zero-order valence-electron chi connectivity index (χ0n) is 32.7. The van der Waals surface area contributed by atoms with Crippen molar-refractivity contribution in [3.05, 3.63) is 63.2 Å². The summed E-state index contributed by atoms with van der Waals surface area (Å²) in [5, 5.41) is 20.9. The van der Waals surface area contributed by atoms with Crippen LogP contribution in [0.15, 0.2) is 42.5 Å². The van der Waals surface area contributed by atoms with E-state index >= 15 is 0 Å². The lowest BCUT2D eigenvalue weighted by atomic mass is 10.0. The molecule has 3 aliphatic rings. The lowest BCUT2D eigenvalue weighted by Crippen LogP contribution is -2.63. The number of carbonyl (C=O) groups is 7. The quantitative estimate of drug-likeness (QED) is 0.202. The van der Waals surface area contributed by atoms with Crippen LogP contribution in [-0.2, 0) is 39.9 Å². The zero-order chi connectivity index (χ0) is 42.6. The predicted molar refractivity (Wildman–Crippen MR) is 213 cm³/mol. The van der Waals surface area contributed by atoms with E-state index in [4.69, 9.17) is 4.74 Å². The number of urea groups is 1. The van der Waals surface area contributed by atoms with Gasteiger partial charge in [-0.05, 0) is 111 Å². The summed E-state index contributed by atoms with van der Waals surface area (Å²) >= 11 is 2.08. The minimum atomic E-state index is -1.69. The van der Waals surface area contributed by atoms with E-state index in [0.29, 0.717) is 18.2 Å². The third kappa shape index (κ3) is 10.4. The molecule has 16 nitrogen and oxygen atoms in total. The van der Waals surface area contributed by atoms with Crippen LogP contribution >= 0.6 is 22.6 Å². The van der Waals surface area contributed by atoms with Crippen molar-refractivity contribution >= 4 is 69.8 Å². The second-order valence-electron chi connectivity index (χ2n) is 15.2. The molecule has 7 amide bonds. The highest BCUT2D eigenvalue weighted by Crippen LogP contribution is 2.27. The molecule has 0 spiro atoms. The number of benzene rings is 2. The van der Waals surface area contributed by atoms with Gasteiger partial charge in [-0.25, -0.2) is 18.4 Å². The fourth-order valence-electron chi connectivity index (χ4n) is 7.67. The van der Waals surface area contributed by atoms with Gasteiger partial charge in [0.25, 0.3) is 0 Å². The van der Waals surface area contributed by atoms with Crippen LogP contribution in [0, 0.1) is 21.1 Å². The molecule has 0 saturated carbocycles. The maximum Gasteiger partial charge on any atom is 0.329 e. The third-order valence-corrected chi connectivity index (χ3v) is 11.2. The van der Waals surface area contributed by atoms with Gasteiger partial charge in [0.2, 0.25) is 29.5 Å². The average Bonchev–Trinajstić information content (AvgIpc) is 3.80. The summed E-state index contributed by atoms with van der Waals surface area (Å²) in [6.45, 7) is 6.07. The maximum absolute atomic E-state index is 14.6. The van der Waals surface area contributed by atoms with Crippen LogP contribution in [0.25, 0.3) is 0 Å². The normalized spacial score (nSPS) is 26.9. The number of anilines is 1. The minimum Gasteiger partial charge on any atom is -0.458 e. The first-order valence-electron chi connectivity index (χ1n) is 19.0. The number of carbonyl (C=O) groups excluding carboxylic acids is 7. The molecule has 5 rings (SSSR count). The number of aliphatic hydroxyl groups excluding tert-OH is 1. The number of rotatable bonds is 7. The van der Waals surface area contributed by atoms with Gasteiger partial charge in [0.05, 0.1) is 6.10 Å². The van der Waals surface area contributed by atoms with Crippen molar-refractivity contribution in [1.82, 2.24) is 30.7 Å². The average molecular weight is 924 g/mol. The van der Waals surface area contributed by atoms with Gasteiger partial charge in [-0.1, -0.05) is 6.92 Å². The topological polar surface area (TPSA) is 207 Å². The summed E-state index contributed by atoms with van der Waals surface area (Å²) in [5.74, 6) is -6.91. The van der Waals surface area contributed by atoms with Gasteiger partial charge in [-0.15, -0.1) is 0 Å². The van der Waals surface area contributed by atoms with Gasteiger partial charge in [-0.2, -0.15) is 0 Å². The SMILES string of the molecule is C[C@H]1C[C@H]2C(=O)O[C@@H](C)[C@H](NC(=O)[C@H](Cc3cc(F)cc(F)c3)NC(=O)Nc3ccc(I)cc3)C(=O)N3CCC[C@H]3C(=O)N(C)[C@@H]([C@H](C)O)C(=O)N[C@@H](C)C(=O)N2C1. The van der Waals surface area contributed by atoms with Crippen molar-refractivity contribution in [2.75, 3.05) is 25.5 Å². The third-order valence-electron chi connectivity index (χ3n) is 10.5. The molecule has 19 heteroatoms. The largest absolute Gasteiger partial charge is 0.458 e. The summed E-state index contributed by atoms with van der Waals surface area (Å²) < 4.78 is 35.3. The minimum absolute atomic E-state index is 0.00436. The van der Waals surface area contributed by atoms with Crippen molar-refractivity contribution in [1.29, 1.82) is 0 Å². The number of amides is 7. The Labute approximate surface area is 347 Å². The number of cyclic esters (lactones) is 1. The lowest BCUT2D eigenvalue weighted by Gasteiger charge is -2.37. The number of halogens is 3. The number of hydrogen-bond donors (Lipinski definition) is 5.